The molecule has 8 nitrogen and oxygen atoms in total. The highest BCUT2D eigenvalue weighted by molar-refractivity contribution is 5.77. The van der Waals surface area contributed by atoms with Crippen molar-refractivity contribution in [3.63, 3.8) is 0 Å². The van der Waals surface area contributed by atoms with Crippen LogP contribution in [0.3, 0.4) is 0 Å². The fourth-order valence-corrected chi connectivity index (χ4v) is 15.0. The van der Waals surface area contributed by atoms with Crippen LogP contribution in [0.15, 0.2) is 97.2 Å². The molecule has 0 radical (unpaired) electrons. The van der Waals surface area contributed by atoms with Gasteiger partial charge in [0.1, 0.15) is 5.82 Å². The standard InChI is InChI=1S/C18H30.C17H29N.C17H28O.C16H27N.C15H26N2.C15H29NO.C15H31N/c1-17(2,3)13-7-8-15-9-11-16(12-10-15)14-18(4,5)6;1-16(2,3)12-8-11-14-9-7-10-15(18-14)13-17(4,5)6;1-16(2,3)15-11-7-9-14(13-15)10-8-12-18-17(4,5)6;1-15(2,3)11-10-13-8-7-9-14(17-13)12-16(4,5)6;1-14(2,3)9-7-13-16-10-8-12(17-13)11-15(4,5)6;1-14(2,3)9-12-7-8-16(11-12)13(17)10-15(4,5)6;1-14(2,3)8-10-16-9-7-13(12-16)11-15(4,5)6/h9-12H,7-8,13-14H2,1-6H3;7,9-10H,8,11-13H2,1-6H3;7,9,11,13H,8,10,12H2,1-6H3;7-9H,10-12H2,1-6H3;8,10H,7,9,11H2,1-6H3;12H,7-11H2,1-6H3;13H,7-12H2,1-6H3. The Bertz CT molecular complexity index is 3530. The van der Waals surface area contributed by atoms with Gasteiger partial charge in [0.2, 0.25) is 5.91 Å². The minimum Gasteiger partial charge on any atom is -0.376 e. The molecule has 7 rings (SSSR count). The Morgan fingerprint density at radius 1 is 0.355 bits per heavy atom. The Morgan fingerprint density at radius 3 is 1.20 bits per heavy atom. The Labute approximate surface area is 753 Å². The van der Waals surface area contributed by atoms with Crippen molar-refractivity contribution >= 4 is 5.91 Å². The van der Waals surface area contributed by atoms with E-state index in [1.165, 1.54) is 135 Å². The molecule has 1 amide bonds. The van der Waals surface area contributed by atoms with E-state index in [4.69, 9.17) is 14.7 Å². The van der Waals surface area contributed by atoms with E-state index in [0.29, 0.717) is 72.4 Å². The lowest BCUT2D eigenvalue weighted by Crippen LogP contribution is -2.32. The molecule has 694 valence electrons. The largest absolute Gasteiger partial charge is 0.376 e. The van der Waals surface area contributed by atoms with E-state index < -0.39 is 0 Å². The van der Waals surface area contributed by atoms with Crippen LogP contribution < -0.4 is 0 Å². The van der Waals surface area contributed by atoms with Crippen LogP contribution in [0.25, 0.3) is 0 Å². The lowest BCUT2D eigenvalue weighted by atomic mass is 9.84. The van der Waals surface area contributed by atoms with Gasteiger partial charge in [-0.1, -0.05) is 331 Å². The van der Waals surface area contributed by atoms with Gasteiger partial charge in [0.15, 0.2) is 0 Å². The highest BCUT2D eigenvalue weighted by Crippen LogP contribution is 2.35. The minimum absolute atomic E-state index is 0.0206. The van der Waals surface area contributed by atoms with Crippen molar-refractivity contribution in [1.82, 2.24) is 29.7 Å². The summed E-state index contributed by atoms with van der Waals surface area (Å²) in [7, 11) is 0. The maximum atomic E-state index is 12.1. The minimum atomic E-state index is -0.0206. The Morgan fingerprint density at radius 2 is 0.760 bits per heavy atom. The van der Waals surface area contributed by atoms with Gasteiger partial charge in [-0.2, -0.15) is 0 Å². The van der Waals surface area contributed by atoms with Crippen LogP contribution >= 0.6 is 0 Å². The number of rotatable bonds is 23. The van der Waals surface area contributed by atoms with E-state index in [2.05, 4.69) is 395 Å². The fraction of sp³-hybridized carbons (Fsp3) is 0.761. The summed E-state index contributed by atoms with van der Waals surface area (Å²) >= 11 is 0. The van der Waals surface area contributed by atoms with Gasteiger partial charge in [0.25, 0.3) is 0 Å². The predicted octanol–water partition coefficient (Wildman–Crippen LogP) is 32.0. The maximum Gasteiger partial charge on any atom is 0.223 e. The molecule has 2 aromatic carbocycles. The molecule has 0 saturated carbocycles. The second-order valence-electron chi connectivity index (χ2n) is 53.5. The van der Waals surface area contributed by atoms with E-state index in [1.54, 1.807) is 0 Å². The zero-order valence-electron chi connectivity index (χ0n) is 88.2. The molecular formula is C113H200N6O2. The zero-order chi connectivity index (χ0) is 93.3. The van der Waals surface area contributed by atoms with E-state index in [1.807, 2.05) is 12.3 Å². The van der Waals surface area contributed by atoms with Crippen LogP contribution in [0.4, 0.5) is 0 Å². The third-order valence-corrected chi connectivity index (χ3v) is 21.0. The highest BCUT2D eigenvalue weighted by Gasteiger charge is 2.32. The van der Waals surface area contributed by atoms with Crippen molar-refractivity contribution in [2.24, 2.45) is 76.8 Å². The number of aryl methyl sites for hydroxylation is 5. The first kappa shape index (κ1) is 114. The molecule has 0 aliphatic carbocycles. The molecule has 2 unspecified atom stereocenters. The number of amides is 1. The molecule has 5 heterocycles. The molecule has 2 atom stereocenters. The SMILES string of the molecule is CC(C)(C)CC(=O)N1CCC(CC(C)(C)C)C1.CC(C)(C)CCCc1ccc(CC(C)(C)C)cc1.CC(C)(C)CCCc1cccc(CC(C)(C)C)n1.CC(C)(C)CCN1CCC(CC(C)(C)C)C1.CC(C)(C)CCc1cccc(CC(C)(C)C)n1.CC(C)(C)CCc1nccc(CC(C)(C)C)n1.CC(C)(C)OCCCc1cccc(C(C)(C)C)c1. The third-order valence-electron chi connectivity index (χ3n) is 21.0. The molecule has 8 heteroatoms. The number of pyridine rings is 2. The van der Waals surface area contributed by atoms with Gasteiger partial charge in [0.05, 0.1) is 5.60 Å². The number of hydrogen-bond acceptors (Lipinski definition) is 7. The van der Waals surface area contributed by atoms with Crippen LogP contribution in [0.2, 0.25) is 0 Å². The summed E-state index contributed by atoms with van der Waals surface area (Å²) in [6.07, 6.45) is 27.4. The van der Waals surface area contributed by atoms with Crippen LogP contribution in [0.1, 0.15) is 431 Å². The molecule has 2 saturated heterocycles. The second kappa shape index (κ2) is 50.1. The first-order valence-corrected chi connectivity index (χ1v) is 48.1. The molecule has 5 aromatic rings. The van der Waals surface area contributed by atoms with E-state index in [0.717, 1.165) is 101 Å². The topological polar surface area (TPSA) is 84.3 Å². The van der Waals surface area contributed by atoms with Crippen LogP contribution in [-0.2, 0) is 72.7 Å². The number of carbonyl (C=O) groups is 1. The number of carbonyl (C=O) groups excluding carboxylic acids is 1. The van der Waals surface area contributed by atoms with Gasteiger partial charge >= 0.3 is 0 Å². The normalized spacial score (nSPS) is 15.6. The van der Waals surface area contributed by atoms with Gasteiger partial charge in [-0.15, -0.1) is 0 Å². The van der Waals surface area contributed by atoms with E-state index >= 15 is 0 Å². The lowest BCUT2D eigenvalue weighted by Gasteiger charge is -2.25. The van der Waals surface area contributed by atoms with Crippen molar-refractivity contribution < 1.29 is 9.53 Å². The van der Waals surface area contributed by atoms with Crippen LogP contribution in [0.5, 0.6) is 0 Å². The van der Waals surface area contributed by atoms with Gasteiger partial charge in [-0.3, -0.25) is 14.8 Å². The number of benzene rings is 2. The number of nitrogens with zero attached hydrogens (tertiary/aromatic N) is 6. The first-order chi connectivity index (χ1) is 54.5. The van der Waals surface area contributed by atoms with Crippen molar-refractivity contribution in [1.29, 1.82) is 0 Å². The average molecular weight is 1670 g/mol. The molecule has 0 N–H and O–H groups in total. The summed E-state index contributed by atoms with van der Waals surface area (Å²) < 4.78 is 5.75. The summed E-state index contributed by atoms with van der Waals surface area (Å²) in [6, 6.07) is 33.1. The third kappa shape index (κ3) is 67.2. The van der Waals surface area contributed by atoms with Crippen molar-refractivity contribution in [2.45, 2.75) is 443 Å². The summed E-state index contributed by atoms with van der Waals surface area (Å²) in [5.41, 5.74) is 16.5. The molecule has 2 aliphatic heterocycles. The quantitative estimate of drug-likeness (QED) is 0.0603. The summed E-state index contributed by atoms with van der Waals surface area (Å²) in [5, 5.41) is 0. The smallest absolute Gasteiger partial charge is 0.223 e. The summed E-state index contributed by atoms with van der Waals surface area (Å²) in [4.78, 5) is 35.4. The number of ether oxygens (including phenoxy) is 1. The van der Waals surface area contributed by atoms with E-state index in [-0.39, 0.29) is 21.8 Å². The predicted molar refractivity (Wildman–Crippen MR) is 535 cm³/mol. The van der Waals surface area contributed by atoms with Gasteiger partial charge in [-0.25, -0.2) is 9.97 Å². The first-order valence-electron chi connectivity index (χ1n) is 48.1. The Balaban J connectivity index is 0.000000706. The number of hydrogen-bond donors (Lipinski definition) is 0. The molecule has 3 aromatic heterocycles. The monoisotopic (exact) mass is 1670 g/mol. The summed E-state index contributed by atoms with van der Waals surface area (Å²) in [5.74, 6) is 2.98. The van der Waals surface area contributed by atoms with Crippen molar-refractivity contribution in [3.8, 4) is 0 Å². The molecule has 0 bridgehead atoms. The van der Waals surface area contributed by atoms with Gasteiger partial charge in [-0.05, 0) is 297 Å². The molecular weight excluding hydrogens is 1470 g/mol. The molecule has 2 fully saturated rings. The molecule has 2 aliphatic rings. The van der Waals surface area contributed by atoms with E-state index in [9.17, 15) is 4.79 Å². The van der Waals surface area contributed by atoms with Gasteiger partial charge < -0.3 is 14.5 Å². The second-order valence-corrected chi connectivity index (χ2v) is 53.5. The molecule has 121 heavy (non-hydrogen) atoms. The Hall–Kier alpha value is -4.79. The maximum absolute atomic E-state index is 12.1. The summed E-state index contributed by atoms with van der Waals surface area (Å²) in [6.45, 7) is 102. The zero-order valence-corrected chi connectivity index (χ0v) is 88.2. The average Bonchev–Trinajstić information content (AvgIpc) is 1.26. The molecule has 0 spiro atoms. The fourth-order valence-electron chi connectivity index (χ4n) is 15.0. The van der Waals surface area contributed by atoms with Gasteiger partial charge in [0, 0.05) is 73.7 Å². The Kier molecular flexibility index (Phi) is 47.3. The highest BCUT2D eigenvalue weighted by atomic mass is 16.5. The van der Waals surface area contributed by atoms with Crippen LogP contribution in [0, 0.1) is 76.8 Å². The lowest BCUT2D eigenvalue weighted by molar-refractivity contribution is -0.132. The number of aromatic nitrogens is 4. The van der Waals surface area contributed by atoms with Crippen molar-refractivity contribution in [2.75, 3.05) is 39.3 Å². The van der Waals surface area contributed by atoms with Crippen LogP contribution in [-0.4, -0.2) is 80.6 Å². The van der Waals surface area contributed by atoms with Crippen molar-refractivity contribution in [3.05, 3.63) is 154 Å². The number of likely N-dealkylation sites (tertiary alicyclic amines) is 2.